The fraction of sp³-hybridized carbons (Fsp3) is 0.200. The molecule has 5 nitrogen and oxygen atoms in total. The maximum absolute atomic E-state index is 12.7. The van der Waals surface area contributed by atoms with Crippen molar-refractivity contribution in [2.24, 2.45) is 0 Å². The summed E-state index contributed by atoms with van der Waals surface area (Å²) < 4.78 is 26.6. The molecule has 0 N–H and O–H groups in total. The second-order valence-electron chi connectivity index (χ2n) is 4.50. The Morgan fingerprint density at radius 3 is 2.33 bits per heavy atom. The molecule has 0 saturated carbocycles. The van der Waals surface area contributed by atoms with E-state index < -0.39 is 10.0 Å². The van der Waals surface area contributed by atoms with E-state index in [9.17, 15) is 8.42 Å². The number of anilines is 1. The van der Waals surface area contributed by atoms with Gasteiger partial charge >= 0.3 is 0 Å². The van der Waals surface area contributed by atoms with Crippen LogP contribution in [0.2, 0.25) is 0 Å². The lowest BCUT2D eigenvalue weighted by molar-refractivity contribution is 0.591. The third-order valence-electron chi connectivity index (χ3n) is 3.05. The summed E-state index contributed by atoms with van der Waals surface area (Å²) in [4.78, 5) is 3.89. The van der Waals surface area contributed by atoms with Crippen LogP contribution in [0.15, 0.2) is 47.5 Å². The molecule has 1 aromatic carbocycles. The van der Waals surface area contributed by atoms with Gasteiger partial charge in [-0.1, -0.05) is 17.7 Å². The van der Waals surface area contributed by atoms with Crippen LogP contribution in [0.5, 0.6) is 0 Å². The van der Waals surface area contributed by atoms with E-state index in [0.29, 0.717) is 12.2 Å². The van der Waals surface area contributed by atoms with E-state index in [1.807, 2.05) is 25.1 Å². The number of aromatic nitrogens is 1. The molecule has 21 heavy (non-hydrogen) atoms. The molecule has 2 aromatic rings. The summed E-state index contributed by atoms with van der Waals surface area (Å²) in [6.45, 7) is 4.03. The molecule has 0 unspecified atom stereocenters. The Bertz CT molecular complexity index is 760. The first-order valence-corrected chi connectivity index (χ1v) is 7.88. The standard InChI is InChI=1S/C15H15N3O2S/c1-3-18(14-7-4-12(2)5-8-14)21(19,20)15-9-6-13(10-16)17-11-15/h4-9,11H,3H2,1-2H3. The van der Waals surface area contributed by atoms with Gasteiger partial charge in [-0.2, -0.15) is 5.26 Å². The largest absolute Gasteiger partial charge is 0.267 e. The van der Waals surface area contributed by atoms with Gasteiger partial charge in [0.25, 0.3) is 10.0 Å². The third kappa shape index (κ3) is 3.03. The average Bonchev–Trinajstić information content (AvgIpc) is 2.50. The maximum Gasteiger partial charge on any atom is 0.265 e. The molecule has 108 valence electrons. The van der Waals surface area contributed by atoms with Crippen LogP contribution in [-0.4, -0.2) is 19.9 Å². The second-order valence-corrected chi connectivity index (χ2v) is 6.36. The molecule has 0 spiro atoms. The Morgan fingerprint density at radius 1 is 1.19 bits per heavy atom. The van der Waals surface area contributed by atoms with Crippen molar-refractivity contribution >= 4 is 15.7 Å². The number of nitriles is 1. The van der Waals surface area contributed by atoms with Gasteiger partial charge in [0.1, 0.15) is 16.7 Å². The molecule has 2 rings (SSSR count). The molecule has 1 aromatic heterocycles. The Balaban J connectivity index is 2.44. The van der Waals surface area contributed by atoms with E-state index >= 15 is 0 Å². The first-order chi connectivity index (χ1) is 9.98. The maximum atomic E-state index is 12.7. The minimum Gasteiger partial charge on any atom is -0.267 e. The molecule has 0 fully saturated rings. The lowest BCUT2D eigenvalue weighted by Gasteiger charge is -2.22. The van der Waals surface area contributed by atoms with Crippen LogP contribution in [0, 0.1) is 18.3 Å². The van der Waals surface area contributed by atoms with Gasteiger partial charge in [-0.05, 0) is 38.1 Å². The molecule has 0 bridgehead atoms. The number of aryl methyl sites for hydroxylation is 1. The molecule has 6 heteroatoms. The van der Waals surface area contributed by atoms with Crippen molar-refractivity contribution in [1.29, 1.82) is 5.26 Å². The van der Waals surface area contributed by atoms with E-state index in [0.717, 1.165) is 5.56 Å². The van der Waals surface area contributed by atoms with Crippen molar-refractivity contribution < 1.29 is 8.42 Å². The highest BCUT2D eigenvalue weighted by atomic mass is 32.2. The van der Waals surface area contributed by atoms with Crippen LogP contribution in [0.4, 0.5) is 5.69 Å². The lowest BCUT2D eigenvalue weighted by atomic mass is 10.2. The zero-order chi connectivity index (χ0) is 15.5. The highest BCUT2D eigenvalue weighted by Gasteiger charge is 2.23. The molecule has 0 aliphatic carbocycles. The summed E-state index contributed by atoms with van der Waals surface area (Å²) in [5.74, 6) is 0. The van der Waals surface area contributed by atoms with E-state index in [4.69, 9.17) is 5.26 Å². The van der Waals surface area contributed by atoms with Gasteiger partial charge in [-0.3, -0.25) is 4.31 Å². The van der Waals surface area contributed by atoms with Crippen LogP contribution >= 0.6 is 0 Å². The number of hydrogen-bond acceptors (Lipinski definition) is 4. The minimum absolute atomic E-state index is 0.0731. The predicted octanol–water partition coefficient (Wildman–Crippen LogP) is 2.48. The normalized spacial score (nSPS) is 10.9. The van der Waals surface area contributed by atoms with Crippen molar-refractivity contribution in [2.75, 3.05) is 10.8 Å². The highest BCUT2D eigenvalue weighted by molar-refractivity contribution is 7.92. The van der Waals surface area contributed by atoms with Gasteiger partial charge in [-0.15, -0.1) is 0 Å². The van der Waals surface area contributed by atoms with E-state index in [-0.39, 0.29) is 10.6 Å². The van der Waals surface area contributed by atoms with Crippen molar-refractivity contribution in [3.63, 3.8) is 0 Å². The average molecular weight is 301 g/mol. The Hall–Kier alpha value is -2.39. The van der Waals surface area contributed by atoms with E-state index in [1.54, 1.807) is 19.1 Å². The van der Waals surface area contributed by atoms with Crippen LogP contribution in [0.25, 0.3) is 0 Å². The molecule has 0 radical (unpaired) electrons. The fourth-order valence-corrected chi connectivity index (χ4v) is 3.35. The van der Waals surface area contributed by atoms with Crippen LogP contribution < -0.4 is 4.31 Å². The van der Waals surface area contributed by atoms with Crippen molar-refractivity contribution in [3.8, 4) is 6.07 Å². The summed E-state index contributed by atoms with van der Waals surface area (Å²) in [7, 11) is -3.68. The summed E-state index contributed by atoms with van der Waals surface area (Å²) >= 11 is 0. The number of rotatable bonds is 4. The molecule has 0 atom stereocenters. The highest BCUT2D eigenvalue weighted by Crippen LogP contribution is 2.23. The summed E-state index contributed by atoms with van der Waals surface area (Å²) in [5, 5.41) is 8.72. The van der Waals surface area contributed by atoms with Gasteiger partial charge < -0.3 is 0 Å². The first-order valence-electron chi connectivity index (χ1n) is 6.44. The molecular formula is C15H15N3O2S. The van der Waals surface area contributed by atoms with Crippen molar-refractivity contribution in [1.82, 2.24) is 4.98 Å². The van der Waals surface area contributed by atoms with Gasteiger partial charge in [0.05, 0.1) is 5.69 Å². The quantitative estimate of drug-likeness (QED) is 0.869. The van der Waals surface area contributed by atoms with Crippen molar-refractivity contribution in [3.05, 3.63) is 53.9 Å². The second kappa shape index (κ2) is 5.94. The lowest BCUT2D eigenvalue weighted by Crippen LogP contribution is -2.30. The predicted molar refractivity (Wildman–Crippen MR) is 80.3 cm³/mol. The van der Waals surface area contributed by atoms with Gasteiger partial charge in [0, 0.05) is 12.7 Å². The van der Waals surface area contributed by atoms with E-state index in [2.05, 4.69) is 4.98 Å². The van der Waals surface area contributed by atoms with Crippen LogP contribution in [0.1, 0.15) is 18.2 Å². The molecule has 0 saturated heterocycles. The van der Waals surface area contributed by atoms with E-state index in [1.165, 1.54) is 22.6 Å². The fourth-order valence-electron chi connectivity index (χ4n) is 1.93. The van der Waals surface area contributed by atoms with Gasteiger partial charge in [-0.25, -0.2) is 13.4 Å². The number of nitrogens with zero attached hydrogens (tertiary/aromatic N) is 3. The summed E-state index contributed by atoms with van der Waals surface area (Å²) in [6.07, 6.45) is 1.21. The smallest absolute Gasteiger partial charge is 0.265 e. The third-order valence-corrected chi connectivity index (χ3v) is 4.93. The van der Waals surface area contributed by atoms with Crippen LogP contribution in [-0.2, 0) is 10.0 Å². The number of benzene rings is 1. The van der Waals surface area contributed by atoms with Crippen molar-refractivity contribution in [2.45, 2.75) is 18.7 Å². The SMILES string of the molecule is CCN(c1ccc(C)cc1)S(=O)(=O)c1ccc(C#N)nc1. The Labute approximate surface area is 124 Å². The molecule has 1 heterocycles. The topological polar surface area (TPSA) is 74.1 Å². The molecule has 0 amide bonds. The zero-order valence-corrected chi connectivity index (χ0v) is 12.6. The summed E-state index contributed by atoms with van der Waals surface area (Å²) in [6, 6.07) is 11.9. The van der Waals surface area contributed by atoms with Gasteiger partial charge in [0.15, 0.2) is 0 Å². The minimum atomic E-state index is -3.68. The summed E-state index contributed by atoms with van der Waals surface area (Å²) in [5.41, 5.74) is 1.85. The Kier molecular flexibility index (Phi) is 4.24. The molecule has 0 aliphatic heterocycles. The number of sulfonamides is 1. The van der Waals surface area contributed by atoms with Crippen LogP contribution in [0.3, 0.4) is 0 Å². The zero-order valence-electron chi connectivity index (χ0n) is 11.8. The number of hydrogen-bond donors (Lipinski definition) is 0. The monoisotopic (exact) mass is 301 g/mol. The Morgan fingerprint density at radius 2 is 1.86 bits per heavy atom. The first kappa shape index (κ1) is 15.0. The van der Waals surface area contributed by atoms with Gasteiger partial charge in [0.2, 0.25) is 0 Å². The molecule has 0 aliphatic rings. The number of pyridine rings is 1. The molecular weight excluding hydrogens is 286 g/mol.